The third kappa shape index (κ3) is 2.13. The van der Waals surface area contributed by atoms with Crippen LogP contribution in [-0.2, 0) is 0 Å². The summed E-state index contributed by atoms with van der Waals surface area (Å²) in [5.74, 6) is 0.613. The third-order valence-electron chi connectivity index (χ3n) is 2.72. The predicted octanol–water partition coefficient (Wildman–Crippen LogP) is 3.43. The van der Waals surface area contributed by atoms with Gasteiger partial charge in [0.2, 0.25) is 5.88 Å². The van der Waals surface area contributed by atoms with Crippen LogP contribution in [0.25, 0.3) is 22.6 Å². The monoisotopic (exact) mass is 277 g/mol. The molecule has 0 unspecified atom stereocenters. The summed E-state index contributed by atoms with van der Waals surface area (Å²) in [7, 11) is 1.54. The normalized spacial score (nSPS) is 10.9. The maximum Gasteiger partial charge on any atom is 0.215 e. The Labute approximate surface area is 113 Å². The average Bonchev–Trinajstić information content (AvgIpc) is 2.84. The standard InChI is InChI=1S/C13H9ClFN3O/c1-19-11-5-4-10-13(17-11)18-12(16-10)7-2-3-9(15)8(14)6-7/h2-6H,1H3,(H,16,17,18). The molecular weight excluding hydrogens is 269 g/mol. The molecular formula is C13H9ClFN3O. The van der Waals surface area contributed by atoms with Crippen molar-refractivity contribution in [2.24, 2.45) is 0 Å². The van der Waals surface area contributed by atoms with E-state index in [1.165, 1.54) is 12.1 Å². The van der Waals surface area contributed by atoms with Crippen LogP contribution >= 0.6 is 11.6 Å². The average molecular weight is 278 g/mol. The van der Waals surface area contributed by atoms with Crippen molar-refractivity contribution < 1.29 is 9.13 Å². The number of ether oxygens (including phenoxy) is 1. The van der Waals surface area contributed by atoms with Gasteiger partial charge >= 0.3 is 0 Å². The maximum atomic E-state index is 13.1. The van der Waals surface area contributed by atoms with Crippen LogP contribution in [0.3, 0.4) is 0 Å². The van der Waals surface area contributed by atoms with E-state index >= 15 is 0 Å². The molecule has 0 fully saturated rings. The van der Waals surface area contributed by atoms with Crippen LogP contribution in [-0.4, -0.2) is 22.1 Å². The zero-order valence-electron chi connectivity index (χ0n) is 9.95. The number of H-pyrrole nitrogens is 1. The van der Waals surface area contributed by atoms with Crippen LogP contribution in [0.5, 0.6) is 5.88 Å². The van der Waals surface area contributed by atoms with Gasteiger partial charge in [0, 0.05) is 11.6 Å². The molecule has 19 heavy (non-hydrogen) atoms. The summed E-state index contributed by atoms with van der Waals surface area (Å²) in [5, 5.41) is 0.0588. The molecule has 0 spiro atoms. The molecule has 0 aliphatic rings. The molecule has 3 rings (SSSR count). The first-order chi connectivity index (χ1) is 9.17. The molecule has 0 atom stereocenters. The van der Waals surface area contributed by atoms with Crippen molar-refractivity contribution in [1.82, 2.24) is 15.0 Å². The number of rotatable bonds is 2. The first-order valence-electron chi connectivity index (χ1n) is 5.53. The lowest BCUT2D eigenvalue weighted by Crippen LogP contribution is -1.86. The minimum Gasteiger partial charge on any atom is -0.481 e. The van der Waals surface area contributed by atoms with Crippen molar-refractivity contribution in [2.75, 3.05) is 7.11 Å². The van der Waals surface area contributed by atoms with Gasteiger partial charge in [-0.1, -0.05) is 11.6 Å². The van der Waals surface area contributed by atoms with Crippen LogP contribution in [0, 0.1) is 5.82 Å². The van der Waals surface area contributed by atoms with E-state index in [0.29, 0.717) is 22.9 Å². The fraction of sp³-hybridized carbons (Fsp3) is 0.0769. The molecule has 2 heterocycles. The smallest absolute Gasteiger partial charge is 0.215 e. The Morgan fingerprint density at radius 2 is 2.05 bits per heavy atom. The lowest BCUT2D eigenvalue weighted by Gasteiger charge is -1.98. The number of nitrogens with one attached hydrogen (secondary N) is 1. The summed E-state index contributed by atoms with van der Waals surface area (Å²) in [5.41, 5.74) is 2.01. The van der Waals surface area contributed by atoms with E-state index in [1.54, 1.807) is 19.2 Å². The molecule has 1 N–H and O–H groups in total. The molecule has 0 saturated carbocycles. The molecule has 6 heteroatoms. The minimum atomic E-state index is -0.457. The van der Waals surface area contributed by atoms with Crippen LogP contribution < -0.4 is 4.74 Å². The van der Waals surface area contributed by atoms with Crippen LogP contribution in [0.15, 0.2) is 30.3 Å². The van der Waals surface area contributed by atoms with E-state index in [1.807, 2.05) is 6.07 Å². The first-order valence-corrected chi connectivity index (χ1v) is 5.91. The highest BCUT2D eigenvalue weighted by Crippen LogP contribution is 2.25. The third-order valence-corrected chi connectivity index (χ3v) is 3.01. The SMILES string of the molecule is COc1ccc2[nH]c(-c3ccc(F)c(Cl)c3)nc2n1. The number of pyridine rings is 1. The highest BCUT2D eigenvalue weighted by Gasteiger charge is 2.09. The van der Waals surface area contributed by atoms with Gasteiger partial charge in [-0.2, -0.15) is 4.98 Å². The fourth-order valence-corrected chi connectivity index (χ4v) is 1.95. The first kappa shape index (κ1) is 11.9. The Morgan fingerprint density at radius 3 is 2.79 bits per heavy atom. The van der Waals surface area contributed by atoms with E-state index in [4.69, 9.17) is 16.3 Å². The number of hydrogen-bond donors (Lipinski definition) is 1. The molecule has 4 nitrogen and oxygen atoms in total. The molecule has 0 bridgehead atoms. The van der Waals surface area contributed by atoms with Gasteiger partial charge < -0.3 is 9.72 Å². The highest BCUT2D eigenvalue weighted by atomic mass is 35.5. The van der Waals surface area contributed by atoms with Gasteiger partial charge in [-0.3, -0.25) is 0 Å². The van der Waals surface area contributed by atoms with Gasteiger partial charge in [0.1, 0.15) is 11.6 Å². The number of halogens is 2. The molecule has 0 aliphatic carbocycles. The minimum absolute atomic E-state index is 0.0588. The van der Waals surface area contributed by atoms with Gasteiger partial charge in [-0.25, -0.2) is 9.37 Å². The second-order valence-electron chi connectivity index (χ2n) is 3.94. The summed E-state index contributed by atoms with van der Waals surface area (Å²) in [6, 6.07) is 7.99. The zero-order chi connectivity index (χ0) is 13.4. The molecule has 0 aliphatic heterocycles. The Bertz CT molecular complexity index is 757. The van der Waals surface area contributed by atoms with Crippen LogP contribution in [0.1, 0.15) is 0 Å². The van der Waals surface area contributed by atoms with Gasteiger partial charge in [-0.15, -0.1) is 0 Å². The number of fused-ring (bicyclic) bond motifs is 1. The van der Waals surface area contributed by atoms with E-state index in [-0.39, 0.29) is 5.02 Å². The Balaban J connectivity index is 2.11. The van der Waals surface area contributed by atoms with Gasteiger partial charge in [0.05, 0.1) is 17.6 Å². The second kappa shape index (κ2) is 4.51. The summed E-state index contributed by atoms with van der Waals surface area (Å²) >= 11 is 5.76. The number of aromatic nitrogens is 3. The highest BCUT2D eigenvalue weighted by molar-refractivity contribution is 6.31. The lowest BCUT2D eigenvalue weighted by molar-refractivity contribution is 0.399. The summed E-state index contributed by atoms with van der Waals surface area (Å²) < 4.78 is 18.2. The zero-order valence-corrected chi connectivity index (χ0v) is 10.7. The molecule has 96 valence electrons. The largest absolute Gasteiger partial charge is 0.481 e. The molecule has 2 aromatic heterocycles. The van der Waals surface area contributed by atoms with E-state index < -0.39 is 5.82 Å². The maximum absolute atomic E-state index is 13.1. The molecule has 0 saturated heterocycles. The number of aromatic amines is 1. The Hall–Kier alpha value is -2.14. The molecule has 0 amide bonds. The summed E-state index contributed by atoms with van der Waals surface area (Å²) in [4.78, 5) is 11.6. The Morgan fingerprint density at radius 1 is 1.21 bits per heavy atom. The van der Waals surface area contributed by atoms with E-state index in [2.05, 4.69) is 15.0 Å². The summed E-state index contributed by atoms with van der Waals surface area (Å²) in [6.45, 7) is 0. The van der Waals surface area contributed by atoms with Crippen molar-refractivity contribution in [1.29, 1.82) is 0 Å². The van der Waals surface area contributed by atoms with Crippen LogP contribution in [0.2, 0.25) is 5.02 Å². The van der Waals surface area contributed by atoms with E-state index in [0.717, 1.165) is 5.52 Å². The van der Waals surface area contributed by atoms with Gasteiger partial charge in [0.25, 0.3) is 0 Å². The quantitative estimate of drug-likeness (QED) is 0.781. The van der Waals surface area contributed by atoms with Crippen molar-refractivity contribution >= 4 is 22.8 Å². The molecule has 3 aromatic rings. The van der Waals surface area contributed by atoms with E-state index in [9.17, 15) is 4.39 Å². The lowest BCUT2D eigenvalue weighted by atomic mass is 10.2. The fourth-order valence-electron chi connectivity index (χ4n) is 1.77. The van der Waals surface area contributed by atoms with Crippen molar-refractivity contribution in [3.63, 3.8) is 0 Å². The molecule has 1 aromatic carbocycles. The number of nitrogens with zero attached hydrogens (tertiary/aromatic N) is 2. The number of benzene rings is 1. The molecule has 0 radical (unpaired) electrons. The van der Waals surface area contributed by atoms with Crippen molar-refractivity contribution in [2.45, 2.75) is 0 Å². The van der Waals surface area contributed by atoms with Gasteiger partial charge in [-0.05, 0) is 24.3 Å². The number of imidazole rings is 1. The summed E-state index contributed by atoms with van der Waals surface area (Å²) in [6.07, 6.45) is 0. The number of methoxy groups -OCH3 is 1. The van der Waals surface area contributed by atoms with Crippen molar-refractivity contribution in [3.8, 4) is 17.3 Å². The van der Waals surface area contributed by atoms with Crippen molar-refractivity contribution in [3.05, 3.63) is 41.2 Å². The van der Waals surface area contributed by atoms with Gasteiger partial charge in [0.15, 0.2) is 5.65 Å². The predicted molar refractivity (Wildman–Crippen MR) is 70.8 cm³/mol. The van der Waals surface area contributed by atoms with Crippen LogP contribution in [0.4, 0.5) is 4.39 Å². The second-order valence-corrected chi connectivity index (χ2v) is 4.35. The topological polar surface area (TPSA) is 50.8 Å². The number of hydrogen-bond acceptors (Lipinski definition) is 3. The Kier molecular flexibility index (Phi) is 2.83.